The molecule has 0 spiro atoms. The first-order chi connectivity index (χ1) is 8.74. The summed E-state index contributed by atoms with van der Waals surface area (Å²) in [5, 5.41) is 5.97. The van der Waals surface area contributed by atoms with Crippen LogP contribution in [0.15, 0.2) is 24.3 Å². The van der Waals surface area contributed by atoms with Gasteiger partial charge >= 0.3 is 0 Å². The molecule has 1 heterocycles. The van der Waals surface area contributed by atoms with Gasteiger partial charge in [0.05, 0.1) is 0 Å². The number of anilines is 1. The highest BCUT2D eigenvalue weighted by atomic mass is 19.1. The Balaban J connectivity index is 1.74. The average molecular weight is 251 g/mol. The van der Waals surface area contributed by atoms with Gasteiger partial charge in [0.1, 0.15) is 5.82 Å². The first kappa shape index (κ1) is 13.0. The minimum absolute atomic E-state index is 0.0702. The van der Waals surface area contributed by atoms with Gasteiger partial charge in [-0.3, -0.25) is 4.79 Å². The first-order valence-electron chi connectivity index (χ1n) is 6.22. The fourth-order valence-corrected chi connectivity index (χ4v) is 1.98. The maximum absolute atomic E-state index is 12.9. The van der Waals surface area contributed by atoms with E-state index in [1.807, 2.05) is 0 Å². The van der Waals surface area contributed by atoms with Crippen LogP contribution in [0, 0.1) is 5.82 Å². The first-order valence-corrected chi connectivity index (χ1v) is 6.22. The van der Waals surface area contributed by atoms with E-state index in [-0.39, 0.29) is 11.7 Å². The van der Waals surface area contributed by atoms with Crippen molar-refractivity contribution in [3.05, 3.63) is 30.1 Å². The molecule has 0 aromatic heterocycles. The van der Waals surface area contributed by atoms with Gasteiger partial charge in [-0.25, -0.2) is 4.39 Å². The molecule has 0 saturated carbocycles. The van der Waals surface area contributed by atoms with Crippen LogP contribution in [0.3, 0.4) is 0 Å². The van der Waals surface area contributed by atoms with Crippen molar-refractivity contribution in [1.29, 1.82) is 0 Å². The molecule has 0 unspecified atom stereocenters. The molecule has 4 nitrogen and oxygen atoms in total. The lowest BCUT2D eigenvalue weighted by molar-refractivity contribution is -0.116. The number of benzene rings is 1. The molecule has 1 saturated heterocycles. The second-order valence-corrected chi connectivity index (χ2v) is 4.40. The number of piperazine rings is 1. The van der Waals surface area contributed by atoms with Crippen molar-refractivity contribution in [2.24, 2.45) is 0 Å². The highest BCUT2D eigenvalue weighted by molar-refractivity contribution is 5.90. The van der Waals surface area contributed by atoms with Crippen LogP contribution in [0.4, 0.5) is 10.1 Å². The maximum atomic E-state index is 12.9. The van der Waals surface area contributed by atoms with E-state index >= 15 is 0 Å². The summed E-state index contributed by atoms with van der Waals surface area (Å²) in [6.07, 6.45) is 0.441. The SMILES string of the molecule is O=C(CCN1CCNCC1)Nc1cccc(F)c1. The Bertz CT molecular complexity index is 405. The lowest BCUT2D eigenvalue weighted by atomic mass is 10.2. The number of amides is 1. The van der Waals surface area contributed by atoms with Crippen LogP contribution in [0.5, 0.6) is 0 Å². The summed E-state index contributed by atoms with van der Waals surface area (Å²) in [7, 11) is 0. The zero-order chi connectivity index (χ0) is 12.8. The molecule has 1 fully saturated rings. The van der Waals surface area contributed by atoms with Gasteiger partial charge in [-0.2, -0.15) is 0 Å². The zero-order valence-corrected chi connectivity index (χ0v) is 10.3. The second kappa shape index (κ2) is 6.47. The number of nitrogens with zero attached hydrogens (tertiary/aromatic N) is 1. The molecular weight excluding hydrogens is 233 g/mol. The average Bonchev–Trinajstić information content (AvgIpc) is 2.38. The van der Waals surface area contributed by atoms with Crippen molar-refractivity contribution in [3.63, 3.8) is 0 Å². The van der Waals surface area contributed by atoms with E-state index < -0.39 is 0 Å². The predicted octanol–water partition coefficient (Wildman–Crippen LogP) is 1.06. The van der Waals surface area contributed by atoms with Crippen LogP contribution >= 0.6 is 0 Å². The van der Waals surface area contributed by atoms with Crippen molar-refractivity contribution in [3.8, 4) is 0 Å². The molecule has 2 rings (SSSR count). The van der Waals surface area contributed by atoms with Crippen molar-refractivity contribution in [2.75, 3.05) is 38.0 Å². The summed E-state index contributed by atoms with van der Waals surface area (Å²) in [4.78, 5) is 13.9. The largest absolute Gasteiger partial charge is 0.326 e. The minimum Gasteiger partial charge on any atom is -0.326 e. The van der Waals surface area contributed by atoms with Crippen molar-refractivity contribution < 1.29 is 9.18 Å². The highest BCUT2D eigenvalue weighted by Crippen LogP contribution is 2.09. The topological polar surface area (TPSA) is 44.4 Å². The Morgan fingerprint density at radius 3 is 2.89 bits per heavy atom. The van der Waals surface area contributed by atoms with Crippen molar-refractivity contribution >= 4 is 11.6 Å². The zero-order valence-electron chi connectivity index (χ0n) is 10.3. The number of hydrogen-bond acceptors (Lipinski definition) is 3. The van der Waals surface area contributed by atoms with E-state index in [9.17, 15) is 9.18 Å². The van der Waals surface area contributed by atoms with E-state index in [0.717, 1.165) is 32.7 Å². The predicted molar refractivity (Wildman–Crippen MR) is 69.0 cm³/mol. The van der Waals surface area contributed by atoms with Gasteiger partial charge in [0.15, 0.2) is 0 Å². The van der Waals surface area contributed by atoms with Crippen molar-refractivity contribution in [1.82, 2.24) is 10.2 Å². The Morgan fingerprint density at radius 1 is 1.39 bits per heavy atom. The smallest absolute Gasteiger partial charge is 0.225 e. The van der Waals surface area contributed by atoms with Crippen LogP contribution < -0.4 is 10.6 Å². The Kier molecular flexibility index (Phi) is 4.66. The number of halogens is 1. The molecule has 0 aliphatic carbocycles. The normalized spacial score (nSPS) is 16.5. The van der Waals surface area contributed by atoms with Gasteiger partial charge in [-0.1, -0.05) is 6.07 Å². The van der Waals surface area contributed by atoms with Crippen LogP contribution in [-0.4, -0.2) is 43.5 Å². The van der Waals surface area contributed by atoms with E-state index in [1.165, 1.54) is 12.1 Å². The van der Waals surface area contributed by atoms with Gasteiger partial charge in [0.25, 0.3) is 0 Å². The third-order valence-electron chi connectivity index (χ3n) is 2.97. The van der Waals surface area contributed by atoms with Crippen LogP contribution in [0.25, 0.3) is 0 Å². The fraction of sp³-hybridized carbons (Fsp3) is 0.462. The molecule has 1 aromatic carbocycles. The number of carbonyl (C=O) groups excluding carboxylic acids is 1. The molecule has 1 aliphatic heterocycles. The summed E-state index contributed by atoms with van der Waals surface area (Å²) >= 11 is 0. The van der Waals surface area contributed by atoms with Gasteiger partial charge in [0.2, 0.25) is 5.91 Å². The highest BCUT2D eigenvalue weighted by Gasteiger charge is 2.11. The molecular formula is C13H18FN3O. The minimum atomic E-state index is -0.338. The quantitative estimate of drug-likeness (QED) is 0.841. The summed E-state index contributed by atoms with van der Waals surface area (Å²) in [5.41, 5.74) is 0.514. The molecule has 1 aliphatic rings. The molecule has 1 aromatic rings. The Morgan fingerprint density at radius 2 is 2.17 bits per heavy atom. The molecule has 98 valence electrons. The molecule has 0 atom stereocenters. The molecule has 1 amide bonds. The lowest BCUT2D eigenvalue weighted by Gasteiger charge is -2.26. The number of carbonyl (C=O) groups is 1. The monoisotopic (exact) mass is 251 g/mol. The number of hydrogen-bond donors (Lipinski definition) is 2. The van der Waals surface area contributed by atoms with Gasteiger partial charge in [-0.05, 0) is 18.2 Å². The fourth-order valence-electron chi connectivity index (χ4n) is 1.98. The second-order valence-electron chi connectivity index (χ2n) is 4.40. The molecule has 5 heteroatoms. The summed E-state index contributed by atoms with van der Waals surface area (Å²) < 4.78 is 12.9. The third kappa shape index (κ3) is 4.09. The third-order valence-corrected chi connectivity index (χ3v) is 2.97. The van der Waals surface area contributed by atoms with Gasteiger partial charge in [0, 0.05) is 44.8 Å². The molecule has 18 heavy (non-hydrogen) atoms. The summed E-state index contributed by atoms with van der Waals surface area (Å²) in [5.74, 6) is -0.408. The Hall–Kier alpha value is -1.46. The van der Waals surface area contributed by atoms with E-state index in [4.69, 9.17) is 0 Å². The lowest BCUT2D eigenvalue weighted by Crippen LogP contribution is -2.44. The standard InChI is InChI=1S/C13H18FN3O/c14-11-2-1-3-12(10-11)16-13(18)4-7-17-8-5-15-6-9-17/h1-3,10,15H,4-9H2,(H,16,18). The van der Waals surface area contributed by atoms with Crippen LogP contribution in [-0.2, 0) is 4.79 Å². The molecule has 0 bridgehead atoms. The van der Waals surface area contributed by atoms with E-state index in [1.54, 1.807) is 12.1 Å². The van der Waals surface area contributed by atoms with Crippen LogP contribution in [0.2, 0.25) is 0 Å². The van der Waals surface area contributed by atoms with E-state index in [2.05, 4.69) is 15.5 Å². The van der Waals surface area contributed by atoms with E-state index in [0.29, 0.717) is 12.1 Å². The summed E-state index contributed by atoms with van der Waals surface area (Å²) in [6, 6.07) is 5.95. The molecule has 0 radical (unpaired) electrons. The maximum Gasteiger partial charge on any atom is 0.225 e. The summed E-state index contributed by atoms with van der Waals surface area (Å²) in [6.45, 7) is 4.67. The number of nitrogens with one attached hydrogen (secondary N) is 2. The van der Waals surface area contributed by atoms with Crippen molar-refractivity contribution in [2.45, 2.75) is 6.42 Å². The van der Waals surface area contributed by atoms with Crippen LogP contribution in [0.1, 0.15) is 6.42 Å². The number of rotatable bonds is 4. The van der Waals surface area contributed by atoms with Gasteiger partial charge < -0.3 is 15.5 Å². The molecule has 2 N–H and O–H groups in total. The van der Waals surface area contributed by atoms with Gasteiger partial charge in [-0.15, -0.1) is 0 Å². The Labute approximate surface area is 106 Å².